The first-order valence-corrected chi connectivity index (χ1v) is 7.50. The highest BCUT2D eigenvalue weighted by Gasteiger charge is 2.24. The second kappa shape index (κ2) is 8.22. The Kier molecular flexibility index (Phi) is 6.30. The zero-order valence-electron chi connectivity index (χ0n) is 13.1. The molecule has 122 valence electrons. The molecular weight excluding hydrogens is 287 g/mol. The highest BCUT2D eigenvalue weighted by Crippen LogP contribution is 2.16. The first-order valence-electron chi connectivity index (χ1n) is 7.50. The minimum absolute atomic E-state index is 0.0628. The lowest BCUT2D eigenvalue weighted by atomic mass is 10.1. The van der Waals surface area contributed by atoms with E-state index in [2.05, 4.69) is 5.32 Å². The van der Waals surface area contributed by atoms with Gasteiger partial charge in [0.05, 0.1) is 19.8 Å². The molecule has 1 aliphatic heterocycles. The molecule has 5 nitrogen and oxygen atoms in total. The normalized spacial score (nSPS) is 18.5. The van der Waals surface area contributed by atoms with Gasteiger partial charge < -0.3 is 19.7 Å². The van der Waals surface area contributed by atoms with Gasteiger partial charge in [0.2, 0.25) is 0 Å². The minimum atomic E-state index is -0.359. The second-order valence-electron chi connectivity index (χ2n) is 5.40. The molecule has 1 aromatic rings. The second-order valence-corrected chi connectivity index (χ2v) is 5.40. The lowest BCUT2D eigenvalue weighted by Crippen LogP contribution is -2.52. The van der Waals surface area contributed by atoms with Gasteiger partial charge in [0.1, 0.15) is 5.82 Å². The van der Waals surface area contributed by atoms with Crippen molar-refractivity contribution in [2.45, 2.75) is 19.6 Å². The maximum atomic E-state index is 13.8. The summed E-state index contributed by atoms with van der Waals surface area (Å²) in [5.74, 6) is -0.422. The molecule has 1 atom stereocenters. The van der Waals surface area contributed by atoms with Gasteiger partial charge in [-0.3, -0.25) is 4.79 Å². The minimum Gasteiger partial charge on any atom is -0.382 e. The van der Waals surface area contributed by atoms with Crippen LogP contribution >= 0.6 is 0 Å². The SMILES string of the molecule is COCCOCc1cc(C(=O)N2CCNC[C@@H]2C)ccc1F. The van der Waals surface area contributed by atoms with Crippen LogP contribution in [0.25, 0.3) is 0 Å². The molecule has 1 amide bonds. The number of nitrogens with zero attached hydrogens (tertiary/aromatic N) is 1. The Morgan fingerprint density at radius 2 is 2.27 bits per heavy atom. The number of methoxy groups -OCH3 is 1. The fraction of sp³-hybridized carbons (Fsp3) is 0.562. The number of rotatable bonds is 6. The number of halogens is 1. The molecule has 0 spiro atoms. The van der Waals surface area contributed by atoms with Crippen molar-refractivity contribution >= 4 is 5.91 Å². The van der Waals surface area contributed by atoms with E-state index in [9.17, 15) is 9.18 Å². The van der Waals surface area contributed by atoms with E-state index in [0.717, 1.165) is 13.1 Å². The summed E-state index contributed by atoms with van der Waals surface area (Å²) in [4.78, 5) is 14.4. The van der Waals surface area contributed by atoms with Crippen LogP contribution in [0.2, 0.25) is 0 Å². The van der Waals surface area contributed by atoms with Crippen LogP contribution in [0.3, 0.4) is 0 Å². The van der Waals surface area contributed by atoms with E-state index in [4.69, 9.17) is 9.47 Å². The first kappa shape index (κ1) is 16.9. The van der Waals surface area contributed by atoms with Gasteiger partial charge in [0.15, 0.2) is 0 Å². The molecule has 6 heteroatoms. The number of benzene rings is 1. The lowest BCUT2D eigenvalue weighted by Gasteiger charge is -2.34. The number of carbonyl (C=O) groups excluding carboxylic acids is 1. The van der Waals surface area contributed by atoms with Gasteiger partial charge in [0, 0.05) is 43.9 Å². The fourth-order valence-electron chi connectivity index (χ4n) is 2.45. The van der Waals surface area contributed by atoms with Crippen molar-refractivity contribution in [2.24, 2.45) is 0 Å². The molecule has 0 bridgehead atoms. The molecule has 2 rings (SSSR count). The van der Waals surface area contributed by atoms with E-state index in [0.29, 0.717) is 30.9 Å². The predicted octanol–water partition coefficient (Wildman–Crippen LogP) is 1.42. The molecule has 1 fully saturated rings. The van der Waals surface area contributed by atoms with Crippen LogP contribution in [-0.4, -0.2) is 56.8 Å². The Labute approximate surface area is 130 Å². The summed E-state index contributed by atoms with van der Waals surface area (Å²) >= 11 is 0. The molecule has 1 heterocycles. The average molecular weight is 310 g/mol. The van der Waals surface area contributed by atoms with Crippen molar-refractivity contribution < 1.29 is 18.7 Å². The van der Waals surface area contributed by atoms with E-state index in [1.165, 1.54) is 12.1 Å². The van der Waals surface area contributed by atoms with Crippen LogP contribution in [0, 0.1) is 5.82 Å². The summed E-state index contributed by atoms with van der Waals surface area (Å²) in [6.07, 6.45) is 0. The quantitative estimate of drug-likeness (QED) is 0.808. The molecule has 0 saturated carbocycles. The zero-order valence-corrected chi connectivity index (χ0v) is 13.1. The van der Waals surface area contributed by atoms with Gasteiger partial charge in [-0.2, -0.15) is 0 Å². The Morgan fingerprint density at radius 3 is 3.00 bits per heavy atom. The Bertz CT molecular complexity index is 510. The number of piperazine rings is 1. The maximum absolute atomic E-state index is 13.8. The standard InChI is InChI=1S/C16H23FN2O3/c1-12-10-18-5-6-19(12)16(20)13-3-4-15(17)14(9-13)11-22-8-7-21-2/h3-4,9,12,18H,5-8,10-11H2,1-2H3/t12-/m0/s1. The van der Waals surface area contributed by atoms with Crippen LogP contribution in [0.5, 0.6) is 0 Å². The fourth-order valence-corrected chi connectivity index (χ4v) is 2.45. The molecule has 22 heavy (non-hydrogen) atoms. The Morgan fingerprint density at radius 1 is 1.45 bits per heavy atom. The number of hydrogen-bond acceptors (Lipinski definition) is 4. The maximum Gasteiger partial charge on any atom is 0.254 e. The van der Waals surface area contributed by atoms with Crippen LogP contribution < -0.4 is 5.32 Å². The molecule has 0 aliphatic carbocycles. The summed E-state index contributed by atoms with van der Waals surface area (Å²) in [6.45, 7) is 5.21. The van der Waals surface area contributed by atoms with Crippen LogP contribution in [0.1, 0.15) is 22.8 Å². The monoisotopic (exact) mass is 310 g/mol. The predicted molar refractivity (Wildman–Crippen MR) is 81.3 cm³/mol. The van der Waals surface area contributed by atoms with Crippen molar-refractivity contribution in [3.05, 3.63) is 35.1 Å². The third-order valence-corrected chi connectivity index (χ3v) is 3.74. The topological polar surface area (TPSA) is 50.8 Å². The third-order valence-electron chi connectivity index (χ3n) is 3.74. The molecule has 0 aromatic heterocycles. The van der Waals surface area contributed by atoms with Gasteiger partial charge in [-0.05, 0) is 25.1 Å². The molecule has 0 unspecified atom stereocenters. The van der Waals surface area contributed by atoms with Crippen molar-refractivity contribution in [3.63, 3.8) is 0 Å². The van der Waals surface area contributed by atoms with Crippen molar-refractivity contribution in [1.82, 2.24) is 10.2 Å². The summed E-state index contributed by atoms with van der Waals surface area (Å²) in [5, 5.41) is 3.25. The molecule has 0 radical (unpaired) electrons. The van der Waals surface area contributed by atoms with Gasteiger partial charge in [-0.25, -0.2) is 4.39 Å². The Balaban J connectivity index is 2.05. The van der Waals surface area contributed by atoms with Crippen molar-refractivity contribution in [3.8, 4) is 0 Å². The average Bonchev–Trinajstić information content (AvgIpc) is 2.53. The largest absolute Gasteiger partial charge is 0.382 e. The van der Waals surface area contributed by atoms with Gasteiger partial charge >= 0.3 is 0 Å². The number of ether oxygens (including phenoxy) is 2. The molecule has 1 aromatic carbocycles. The number of nitrogens with one attached hydrogen (secondary N) is 1. The number of amides is 1. The molecular formula is C16H23FN2O3. The summed E-state index contributed by atoms with van der Waals surface area (Å²) in [6, 6.07) is 4.58. The molecule has 1 saturated heterocycles. The Hall–Kier alpha value is -1.50. The van der Waals surface area contributed by atoms with Crippen molar-refractivity contribution in [1.29, 1.82) is 0 Å². The van der Waals surface area contributed by atoms with Gasteiger partial charge in [0.25, 0.3) is 5.91 Å². The lowest BCUT2D eigenvalue weighted by molar-refractivity contribution is 0.0600. The summed E-state index contributed by atoms with van der Waals surface area (Å²) < 4.78 is 24.0. The van der Waals surface area contributed by atoms with E-state index in [1.807, 2.05) is 11.8 Å². The third kappa shape index (κ3) is 4.25. The van der Waals surface area contributed by atoms with Crippen LogP contribution in [0.4, 0.5) is 4.39 Å². The van der Waals surface area contributed by atoms with E-state index >= 15 is 0 Å². The summed E-state index contributed by atoms with van der Waals surface area (Å²) in [7, 11) is 1.58. The van der Waals surface area contributed by atoms with E-state index in [1.54, 1.807) is 13.2 Å². The van der Waals surface area contributed by atoms with E-state index in [-0.39, 0.29) is 24.4 Å². The van der Waals surface area contributed by atoms with Gasteiger partial charge in [-0.1, -0.05) is 0 Å². The van der Waals surface area contributed by atoms with Gasteiger partial charge in [-0.15, -0.1) is 0 Å². The summed E-state index contributed by atoms with van der Waals surface area (Å²) in [5.41, 5.74) is 0.894. The number of carbonyl (C=O) groups is 1. The van der Waals surface area contributed by atoms with Crippen molar-refractivity contribution in [2.75, 3.05) is 40.0 Å². The first-order chi connectivity index (χ1) is 10.6. The highest BCUT2D eigenvalue weighted by atomic mass is 19.1. The molecule has 1 aliphatic rings. The smallest absolute Gasteiger partial charge is 0.254 e. The van der Waals surface area contributed by atoms with Crippen LogP contribution in [0.15, 0.2) is 18.2 Å². The molecule has 1 N–H and O–H groups in total. The number of hydrogen-bond donors (Lipinski definition) is 1. The zero-order chi connectivity index (χ0) is 15.9. The van der Waals surface area contributed by atoms with Crippen LogP contribution in [-0.2, 0) is 16.1 Å². The highest BCUT2D eigenvalue weighted by molar-refractivity contribution is 5.94. The van der Waals surface area contributed by atoms with E-state index < -0.39 is 0 Å².